The van der Waals surface area contributed by atoms with Crippen LogP contribution in [0.25, 0.3) is 0 Å². The number of likely N-dealkylation sites (tertiary alicyclic amines) is 1. The predicted octanol–water partition coefficient (Wildman–Crippen LogP) is 2.75. The van der Waals surface area contributed by atoms with Crippen molar-refractivity contribution in [1.29, 1.82) is 0 Å². The van der Waals surface area contributed by atoms with Crippen LogP contribution < -0.4 is 5.32 Å². The number of carbonyl (C=O) groups excluding carboxylic acids is 3. The number of amides is 3. The Labute approximate surface area is 160 Å². The van der Waals surface area contributed by atoms with Gasteiger partial charge in [0.25, 0.3) is 5.69 Å². The number of anilines is 1. The van der Waals surface area contributed by atoms with Crippen LogP contribution in [0, 0.1) is 28.9 Å². The van der Waals surface area contributed by atoms with E-state index in [0.717, 1.165) is 4.90 Å². The Morgan fingerprint density at radius 1 is 1.33 bits per heavy atom. The molecule has 1 aromatic rings. The molecule has 0 saturated carbocycles. The minimum Gasteiger partial charge on any atom is -0.324 e. The van der Waals surface area contributed by atoms with Gasteiger partial charge >= 0.3 is 0 Å². The highest BCUT2D eigenvalue weighted by atomic mass is 35.5. The van der Waals surface area contributed by atoms with Crippen molar-refractivity contribution in [3.63, 3.8) is 0 Å². The third-order valence-electron chi connectivity index (χ3n) is 5.04. The molecule has 0 unspecified atom stereocenters. The van der Waals surface area contributed by atoms with E-state index in [0.29, 0.717) is 23.4 Å². The standard InChI is InChI=1S/C18H18ClN3O5/c1-9-3-5-12(8-15(9)22(26)27)20-16(23)10(2)21-17(24)13-6-4-11(19)7-14(13)18(21)25/h3-5,8,10,13-14H,6-7H2,1-2H3,(H,20,23)/t10-,13+,14+/m1/s1. The van der Waals surface area contributed by atoms with Crippen molar-refractivity contribution in [2.24, 2.45) is 11.8 Å². The fourth-order valence-corrected chi connectivity index (χ4v) is 3.74. The summed E-state index contributed by atoms with van der Waals surface area (Å²) < 4.78 is 0. The lowest BCUT2D eigenvalue weighted by Crippen LogP contribution is -2.46. The summed E-state index contributed by atoms with van der Waals surface area (Å²) in [5.74, 6) is -2.41. The van der Waals surface area contributed by atoms with Gasteiger partial charge in [0.15, 0.2) is 0 Å². The third-order valence-corrected chi connectivity index (χ3v) is 5.35. The number of aryl methyl sites for hydroxylation is 1. The largest absolute Gasteiger partial charge is 0.324 e. The lowest BCUT2D eigenvalue weighted by Gasteiger charge is -2.22. The molecule has 1 aliphatic heterocycles. The van der Waals surface area contributed by atoms with E-state index in [9.17, 15) is 24.5 Å². The monoisotopic (exact) mass is 391 g/mol. The minimum atomic E-state index is -1.03. The fraction of sp³-hybridized carbons (Fsp3) is 0.389. The Morgan fingerprint density at radius 3 is 2.67 bits per heavy atom. The minimum absolute atomic E-state index is 0.125. The number of nitro groups is 1. The second-order valence-electron chi connectivity index (χ2n) is 6.77. The van der Waals surface area contributed by atoms with Crippen LogP contribution in [0.5, 0.6) is 0 Å². The Hall–Kier alpha value is -2.74. The first-order valence-corrected chi connectivity index (χ1v) is 8.86. The first-order valence-electron chi connectivity index (χ1n) is 8.48. The Kier molecular flexibility index (Phi) is 5.01. The van der Waals surface area contributed by atoms with Gasteiger partial charge in [-0.15, -0.1) is 0 Å². The van der Waals surface area contributed by atoms with Crippen LogP contribution in [0.2, 0.25) is 0 Å². The summed E-state index contributed by atoms with van der Waals surface area (Å²) in [4.78, 5) is 49.3. The highest BCUT2D eigenvalue weighted by Crippen LogP contribution is 2.39. The number of halogens is 1. The number of hydrogen-bond acceptors (Lipinski definition) is 5. The van der Waals surface area contributed by atoms with E-state index in [4.69, 9.17) is 11.6 Å². The zero-order chi connectivity index (χ0) is 19.9. The highest BCUT2D eigenvalue weighted by Gasteiger charge is 2.51. The molecule has 1 N–H and O–H groups in total. The van der Waals surface area contributed by atoms with Crippen LogP contribution in [-0.2, 0) is 14.4 Å². The molecule has 27 heavy (non-hydrogen) atoms. The maximum Gasteiger partial charge on any atom is 0.274 e. The van der Waals surface area contributed by atoms with Crippen molar-refractivity contribution in [2.45, 2.75) is 32.7 Å². The molecular weight excluding hydrogens is 374 g/mol. The number of carbonyl (C=O) groups is 3. The van der Waals surface area contributed by atoms with Crippen molar-refractivity contribution in [2.75, 3.05) is 5.32 Å². The van der Waals surface area contributed by atoms with E-state index in [1.54, 1.807) is 13.0 Å². The van der Waals surface area contributed by atoms with Crippen LogP contribution >= 0.6 is 11.6 Å². The van der Waals surface area contributed by atoms with Crippen LogP contribution in [0.4, 0.5) is 11.4 Å². The van der Waals surface area contributed by atoms with Gasteiger partial charge in [-0.25, -0.2) is 0 Å². The smallest absolute Gasteiger partial charge is 0.274 e. The van der Waals surface area contributed by atoms with Crippen molar-refractivity contribution >= 4 is 40.7 Å². The lowest BCUT2D eigenvalue weighted by atomic mass is 9.85. The molecule has 9 heteroatoms. The average Bonchev–Trinajstić information content (AvgIpc) is 2.86. The topological polar surface area (TPSA) is 110 Å². The van der Waals surface area contributed by atoms with Gasteiger partial charge in [-0.05, 0) is 32.8 Å². The van der Waals surface area contributed by atoms with Gasteiger partial charge in [0.1, 0.15) is 6.04 Å². The summed E-state index contributed by atoms with van der Waals surface area (Å²) in [6.07, 6.45) is 2.41. The number of nitrogens with one attached hydrogen (secondary N) is 1. The van der Waals surface area contributed by atoms with E-state index >= 15 is 0 Å². The van der Waals surface area contributed by atoms with Crippen molar-refractivity contribution < 1.29 is 19.3 Å². The second kappa shape index (κ2) is 7.11. The molecule has 1 heterocycles. The molecule has 2 aliphatic rings. The first kappa shape index (κ1) is 19.0. The normalized spacial score (nSPS) is 22.9. The number of nitrogens with zero attached hydrogens (tertiary/aromatic N) is 2. The molecule has 1 aliphatic carbocycles. The summed E-state index contributed by atoms with van der Waals surface area (Å²) in [6.45, 7) is 3.05. The first-order chi connectivity index (χ1) is 12.7. The summed E-state index contributed by atoms with van der Waals surface area (Å²) >= 11 is 5.99. The molecule has 142 valence electrons. The Bertz CT molecular complexity index is 882. The maximum atomic E-state index is 12.6. The van der Waals surface area contributed by atoms with Gasteiger partial charge < -0.3 is 5.32 Å². The number of hydrogen-bond donors (Lipinski definition) is 1. The SMILES string of the molecule is Cc1ccc(NC(=O)[C@@H](C)N2C(=O)[C@H]3CC=C(Cl)C[C@@H]3C2=O)cc1[N+](=O)[O-]. The van der Waals surface area contributed by atoms with Gasteiger partial charge in [-0.3, -0.25) is 29.4 Å². The Balaban J connectivity index is 1.76. The molecule has 0 radical (unpaired) electrons. The summed E-state index contributed by atoms with van der Waals surface area (Å²) in [6, 6.07) is 3.27. The van der Waals surface area contributed by atoms with Gasteiger partial charge in [-0.2, -0.15) is 0 Å². The Morgan fingerprint density at radius 2 is 2.00 bits per heavy atom. The molecule has 8 nitrogen and oxygen atoms in total. The number of fused-ring (bicyclic) bond motifs is 1. The molecule has 0 aromatic heterocycles. The average molecular weight is 392 g/mol. The van der Waals surface area contributed by atoms with Crippen LogP contribution in [0.1, 0.15) is 25.3 Å². The van der Waals surface area contributed by atoms with Crippen molar-refractivity contribution in [3.05, 3.63) is 45.0 Å². The number of nitro benzene ring substituents is 1. The summed E-state index contributed by atoms with van der Waals surface area (Å²) in [5, 5.41) is 14.1. The van der Waals surface area contributed by atoms with E-state index in [1.165, 1.54) is 25.1 Å². The van der Waals surface area contributed by atoms with Gasteiger partial charge in [0.05, 0.1) is 16.8 Å². The molecule has 1 saturated heterocycles. The van der Waals surface area contributed by atoms with Crippen molar-refractivity contribution in [1.82, 2.24) is 4.90 Å². The number of allylic oxidation sites excluding steroid dienone is 2. The quantitative estimate of drug-likeness (QED) is 0.482. The van der Waals surface area contributed by atoms with Crippen LogP contribution in [0.3, 0.4) is 0 Å². The molecule has 3 rings (SSSR count). The molecule has 1 fully saturated rings. The number of imide groups is 1. The number of benzene rings is 1. The second-order valence-corrected chi connectivity index (χ2v) is 7.26. The fourth-order valence-electron chi connectivity index (χ4n) is 3.48. The van der Waals surface area contributed by atoms with E-state index in [2.05, 4.69) is 5.32 Å². The summed E-state index contributed by atoms with van der Waals surface area (Å²) in [5.41, 5.74) is 0.565. The molecular formula is C18H18ClN3O5. The lowest BCUT2D eigenvalue weighted by molar-refractivity contribution is -0.385. The summed E-state index contributed by atoms with van der Waals surface area (Å²) in [7, 11) is 0. The molecule has 0 bridgehead atoms. The zero-order valence-electron chi connectivity index (χ0n) is 14.8. The van der Waals surface area contributed by atoms with Gasteiger partial charge in [0.2, 0.25) is 17.7 Å². The van der Waals surface area contributed by atoms with Crippen molar-refractivity contribution in [3.8, 4) is 0 Å². The maximum absolute atomic E-state index is 12.6. The third kappa shape index (κ3) is 3.44. The highest BCUT2D eigenvalue weighted by molar-refractivity contribution is 6.30. The van der Waals surface area contributed by atoms with Gasteiger partial charge in [0, 0.05) is 22.3 Å². The van der Waals surface area contributed by atoms with E-state index < -0.39 is 34.6 Å². The molecule has 0 spiro atoms. The van der Waals surface area contributed by atoms with E-state index in [-0.39, 0.29) is 17.3 Å². The van der Waals surface area contributed by atoms with Crippen LogP contribution in [-0.4, -0.2) is 33.6 Å². The van der Waals surface area contributed by atoms with Gasteiger partial charge in [-0.1, -0.05) is 23.7 Å². The zero-order valence-corrected chi connectivity index (χ0v) is 15.5. The predicted molar refractivity (Wildman–Crippen MR) is 97.9 cm³/mol. The molecule has 3 atom stereocenters. The molecule has 3 amide bonds. The van der Waals surface area contributed by atoms with E-state index in [1.807, 2.05) is 0 Å². The number of rotatable bonds is 4. The molecule has 1 aromatic carbocycles. The van der Waals surface area contributed by atoms with Crippen LogP contribution in [0.15, 0.2) is 29.3 Å².